The van der Waals surface area contributed by atoms with E-state index in [0.717, 1.165) is 17.0 Å². The lowest BCUT2D eigenvalue weighted by atomic mass is 10.1. The molecule has 2 rings (SSSR count). The second-order valence-corrected chi connectivity index (χ2v) is 4.54. The summed E-state index contributed by atoms with van der Waals surface area (Å²) in [6.45, 7) is 3.96. The first kappa shape index (κ1) is 13.5. The topological polar surface area (TPSA) is 48.1 Å². The highest BCUT2D eigenvalue weighted by Crippen LogP contribution is 2.21. The fraction of sp³-hybridized carbons (Fsp3) is 0.267. The molecule has 0 amide bonds. The van der Waals surface area contributed by atoms with E-state index in [1.54, 1.807) is 12.1 Å². The van der Waals surface area contributed by atoms with Crippen molar-refractivity contribution in [3.63, 3.8) is 0 Å². The molecule has 0 bridgehead atoms. The van der Waals surface area contributed by atoms with Crippen molar-refractivity contribution in [2.45, 2.75) is 26.5 Å². The highest BCUT2D eigenvalue weighted by molar-refractivity contribution is 5.30. The Morgan fingerprint density at radius 1 is 1.32 bits per heavy atom. The van der Waals surface area contributed by atoms with Crippen LogP contribution in [0.4, 0.5) is 4.39 Å². The van der Waals surface area contributed by atoms with Crippen LogP contribution in [0.15, 0.2) is 36.4 Å². The van der Waals surface area contributed by atoms with Crippen molar-refractivity contribution in [2.75, 3.05) is 0 Å². The van der Waals surface area contributed by atoms with E-state index in [1.165, 1.54) is 6.07 Å². The number of benzene rings is 1. The number of aromatic nitrogens is 1. The van der Waals surface area contributed by atoms with Gasteiger partial charge in [0, 0.05) is 11.7 Å². The molecule has 0 fully saturated rings. The highest BCUT2D eigenvalue weighted by atomic mass is 19.1. The average Bonchev–Trinajstić information content (AvgIpc) is 2.37. The number of aryl methyl sites for hydroxylation is 1. The molecule has 1 heterocycles. The Morgan fingerprint density at radius 2 is 2.11 bits per heavy atom. The Kier molecular flexibility index (Phi) is 4.12. The van der Waals surface area contributed by atoms with Crippen LogP contribution in [0.1, 0.15) is 29.9 Å². The molecule has 0 unspecified atom stereocenters. The largest absolute Gasteiger partial charge is 0.484 e. The fourth-order valence-corrected chi connectivity index (χ4v) is 1.75. The molecule has 100 valence electrons. The summed E-state index contributed by atoms with van der Waals surface area (Å²) in [5.74, 6) is -0.185. The van der Waals surface area contributed by atoms with Crippen LogP contribution in [0.25, 0.3) is 0 Å². The molecule has 4 heteroatoms. The number of nitrogens with two attached hydrogens (primary N) is 1. The Morgan fingerprint density at radius 3 is 2.74 bits per heavy atom. The van der Waals surface area contributed by atoms with Crippen molar-refractivity contribution in [1.29, 1.82) is 0 Å². The zero-order valence-electron chi connectivity index (χ0n) is 11.1. The van der Waals surface area contributed by atoms with Gasteiger partial charge in [-0.3, -0.25) is 4.98 Å². The van der Waals surface area contributed by atoms with E-state index in [-0.39, 0.29) is 18.4 Å². The Balaban J connectivity index is 2.07. The van der Waals surface area contributed by atoms with Gasteiger partial charge >= 0.3 is 0 Å². The molecular formula is C15H17FN2O. The first-order valence-electron chi connectivity index (χ1n) is 6.16. The standard InChI is InChI=1S/C15H17FN2O/c1-10-4-3-5-13(18-10)9-19-15-7-6-12(11(2)17)8-14(15)16/h3-8,11H,9,17H2,1-2H3/t11-/m1/s1. The summed E-state index contributed by atoms with van der Waals surface area (Å²) in [6, 6.07) is 10.2. The molecule has 0 radical (unpaired) electrons. The van der Waals surface area contributed by atoms with Crippen LogP contribution in [0.2, 0.25) is 0 Å². The Labute approximate surface area is 112 Å². The Bertz CT molecular complexity index is 570. The van der Waals surface area contributed by atoms with E-state index in [9.17, 15) is 4.39 Å². The van der Waals surface area contributed by atoms with E-state index in [1.807, 2.05) is 32.0 Å². The van der Waals surface area contributed by atoms with Crippen LogP contribution < -0.4 is 10.5 Å². The molecule has 1 aromatic carbocycles. The number of rotatable bonds is 4. The second-order valence-electron chi connectivity index (χ2n) is 4.54. The van der Waals surface area contributed by atoms with Gasteiger partial charge in [-0.2, -0.15) is 0 Å². The molecule has 0 spiro atoms. The van der Waals surface area contributed by atoms with E-state index >= 15 is 0 Å². The summed E-state index contributed by atoms with van der Waals surface area (Å²) in [4.78, 5) is 4.30. The molecule has 3 nitrogen and oxygen atoms in total. The molecule has 19 heavy (non-hydrogen) atoms. The quantitative estimate of drug-likeness (QED) is 0.918. The average molecular weight is 260 g/mol. The molecule has 0 aliphatic carbocycles. The van der Waals surface area contributed by atoms with Crippen LogP contribution in [0.5, 0.6) is 5.75 Å². The SMILES string of the molecule is Cc1cccc(COc2ccc([C@@H](C)N)cc2F)n1. The minimum Gasteiger partial charge on any atom is -0.484 e. The highest BCUT2D eigenvalue weighted by Gasteiger charge is 2.07. The summed E-state index contributed by atoms with van der Waals surface area (Å²) in [5, 5.41) is 0. The number of halogens is 1. The lowest BCUT2D eigenvalue weighted by molar-refractivity contribution is 0.285. The zero-order valence-corrected chi connectivity index (χ0v) is 11.1. The smallest absolute Gasteiger partial charge is 0.165 e. The minimum atomic E-state index is -0.401. The van der Waals surface area contributed by atoms with Crippen LogP contribution in [0.3, 0.4) is 0 Å². The first-order chi connectivity index (χ1) is 9.06. The third kappa shape index (κ3) is 3.51. The third-order valence-electron chi connectivity index (χ3n) is 2.80. The van der Waals surface area contributed by atoms with Gasteiger partial charge in [-0.25, -0.2) is 4.39 Å². The van der Waals surface area contributed by atoms with Gasteiger partial charge in [-0.05, 0) is 43.7 Å². The zero-order chi connectivity index (χ0) is 13.8. The molecule has 2 aromatic rings. The van der Waals surface area contributed by atoms with Gasteiger partial charge in [0.2, 0.25) is 0 Å². The first-order valence-corrected chi connectivity index (χ1v) is 6.16. The van der Waals surface area contributed by atoms with Crippen molar-refractivity contribution in [1.82, 2.24) is 4.98 Å². The van der Waals surface area contributed by atoms with Crippen LogP contribution in [0, 0.1) is 12.7 Å². The predicted octanol–water partition coefficient (Wildman–Crippen LogP) is 3.13. The van der Waals surface area contributed by atoms with Gasteiger partial charge in [-0.1, -0.05) is 12.1 Å². The summed E-state index contributed by atoms with van der Waals surface area (Å²) in [7, 11) is 0. The normalized spacial score (nSPS) is 12.2. The van der Waals surface area contributed by atoms with Gasteiger partial charge in [0.15, 0.2) is 11.6 Å². The summed E-state index contributed by atoms with van der Waals surface area (Å²) >= 11 is 0. The summed E-state index contributed by atoms with van der Waals surface area (Å²) in [5.41, 5.74) is 8.13. The molecule has 0 saturated heterocycles. The van der Waals surface area contributed by atoms with Crippen LogP contribution >= 0.6 is 0 Å². The molecule has 0 saturated carbocycles. The minimum absolute atomic E-state index is 0.193. The molecule has 0 aliphatic rings. The second kappa shape index (κ2) is 5.80. The van der Waals surface area contributed by atoms with Crippen molar-refractivity contribution < 1.29 is 9.13 Å². The van der Waals surface area contributed by atoms with E-state index < -0.39 is 5.82 Å². The van der Waals surface area contributed by atoms with Crippen molar-refractivity contribution >= 4 is 0 Å². The lowest BCUT2D eigenvalue weighted by Crippen LogP contribution is -2.06. The maximum Gasteiger partial charge on any atom is 0.165 e. The van der Waals surface area contributed by atoms with E-state index in [4.69, 9.17) is 10.5 Å². The monoisotopic (exact) mass is 260 g/mol. The maximum absolute atomic E-state index is 13.8. The van der Waals surface area contributed by atoms with Crippen molar-refractivity contribution in [3.05, 3.63) is 59.2 Å². The van der Waals surface area contributed by atoms with E-state index in [2.05, 4.69) is 4.98 Å². The summed E-state index contributed by atoms with van der Waals surface area (Å²) in [6.07, 6.45) is 0. The fourth-order valence-electron chi connectivity index (χ4n) is 1.75. The number of ether oxygens (including phenoxy) is 1. The van der Waals surface area contributed by atoms with Crippen LogP contribution in [-0.2, 0) is 6.61 Å². The van der Waals surface area contributed by atoms with Crippen molar-refractivity contribution in [2.24, 2.45) is 5.73 Å². The van der Waals surface area contributed by atoms with Crippen molar-refractivity contribution in [3.8, 4) is 5.75 Å². The maximum atomic E-state index is 13.8. The molecule has 1 aromatic heterocycles. The van der Waals surface area contributed by atoms with Gasteiger partial charge in [0.05, 0.1) is 5.69 Å². The number of pyridine rings is 1. The lowest BCUT2D eigenvalue weighted by Gasteiger charge is -2.10. The molecule has 1 atom stereocenters. The van der Waals surface area contributed by atoms with Gasteiger partial charge in [-0.15, -0.1) is 0 Å². The van der Waals surface area contributed by atoms with E-state index in [0.29, 0.717) is 0 Å². The number of hydrogen-bond donors (Lipinski definition) is 1. The van der Waals surface area contributed by atoms with Gasteiger partial charge in [0.1, 0.15) is 6.61 Å². The van der Waals surface area contributed by atoms with Gasteiger partial charge in [0.25, 0.3) is 0 Å². The van der Waals surface area contributed by atoms with Crippen LogP contribution in [-0.4, -0.2) is 4.98 Å². The molecule has 2 N–H and O–H groups in total. The van der Waals surface area contributed by atoms with Gasteiger partial charge < -0.3 is 10.5 Å². The molecule has 0 aliphatic heterocycles. The Hall–Kier alpha value is -1.94. The molecular weight excluding hydrogens is 243 g/mol. The summed E-state index contributed by atoms with van der Waals surface area (Å²) < 4.78 is 19.2. The third-order valence-corrected chi connectivity index (χ3v) is 2.80. The number of nitrogens with zero attached hydrogens (tertiary/aromatic N) is 1. The number of hydrogen-bond acceptors (Lipinski definition) is 3. The predicted molar refractivity (Wildman–Crippen MR) is 72.3 cm³/mol.